The Balaban J connectivity index is 1.37. The van der Waals surface area contributed by atoms with Gasteiger partial charge in [0.2, 0.25) is 5.76 Å². The fraction of sp³-hybridized carbons (Fsp3) is 0.765. The van der Waals surface area contributed by atoms with Gasteiger partial charge in [-0.1, -0.05) is 5.16 Å². The molecule has 1 aromatic heterocycles. The number of aromatic nitrogens is 1. The van der Waals surface area contributed by atoms with Gasteiger partial charge in [-0.15, -0.1) is 0 Å². The zero-order chi connectivity index (χ0) is 15.9. The maximum absolute atomic E-state index is 12.6. The van der Waals surface area contributed by atoms with Crippen molar-refractivity contribution < 1.29 is 18.8 Å². The third-order valence-corrected chi connectivity index (χ3v) is 5.11. The molecule has 1 aromatic rings. The average molecular weight is 320 g/mol. The molecule has 2 aliphatic heterocycles. The molecule has 0 unspecified atom stereocenters. The molecule has 1 aliphatic carbocycles. The van der Waals surface area contributed by atoms with Gasteiger partial charge in [0, 0.05) is 25.6 Å². The summed E-state index contributed by atoms with van der Waals surface area (Å²) in [5, 5.41) is 3.81. The number of nitrogens with zero attached hydrogens (tertiary/aromatic N) is 2. The molecule has 1 saturated carbocycles. The Hall–Kier alpha value is -1.40. The lowest BCUT2D eigenvalue weighted by molar-refractivity contribution is -0.0471. The monoisotopic (exact) mass is 320 g/mol. The number of hydrogen-bond acceptors (Lipinski definition) is 5. The summed E-state index contributed by atoms with van der Waals surface area (Å²) in [5.41, 5.74) is 0.489. The standard InChI is InChI=1S/C17H24N2O4/c1-12-7-15(23-18-12)16(20)19-6-2-5-17(11-19)8-14(10-22-17)21-9-13-3-4-13/h7,13-14H,2-6,8-11H2,1H3/t14-,17-/m0/s1. The first-order chi connectivity index (χ1) is 11.1. The van der Waals surface area contributed by atoms with E-state index < -0.39 is 0 Å². The van der Waals surface area contributed by atoms with Gasteiger partial charge in [-0.05, 0) is 38.5 Å². The fourth-order valence-corrected chi connectivity index (χ4v) is 3.64. The highest BCUT2D eigenvalue weighted by atomic mass is 16.6. The van der Waals surface area contributed by atoms with Crippen LogP contribution in [0.5, 0.6) is 0 Å². The molecule has 6 nitrogen and oxygen atoms in total. The Morgan fingerprint density at radius 3 is 3.13 bits per heavy atom. The number of aryl methyl sites for hydroxylation is 1. The van der Waals surface area contributed by atoms with Crippen LogP contribution in [0.4, 0.5) is 0 Å². The van der Waals surface area contributed by atoms with Gasteiger partial charge >= 0.3 is 0 Å². The van der Waals surface area contributed by atoms with Crippen LogP contribution in [0.2, 0.25) is 0 Å². The Morgan fingerprint density at radius 1 is 1.52 bits per heavy atom. The molecule has 6 heteroatoms. The third kappa shape index (κ3) is 3.28. The lowest BCUT2D eigenvalue weighted by atomic mass is 9.89. The maximum Gasteiger partial charge on any atom is 0.292 e. The summed E-state index contributed by atoms with van der Waals surface area (Å²) in [6.45, 7) is 4.70. The number of carbonyl (C=O) groups excluding carboxylic acids is 1. The molecule has 3 heterocycles. The van der Waals surface area contributed by atoms with E-state index in [2.05, 4.69) is 5.16 Å². The van der Waals surface area contributed by atoms with Gasteiger partial charge < -0.3 is 18.9 Å². The van der Waals surface area contributed by atoms with Gasteiger partial charge in [-0.25, -0.2) is 0 Å². The normalized spacial score (nSPS) is 31.0. The molecule has 0 N–H and O–H groups in total. The lowest BCUT2D eigenvalue weighted by Gasteiger charge is -2.39. The highest BCUT2D eigenvalue weighted by Gasteiger charge is 2.45. The summed E-state index contributed by atoms with van der Waals surface area (Å²) in [5.74, 6) is 1.00. The van der Waals surface area contributed by atoms with Crippen molar-refractivity contribution in [3.63, 3.8) is 0 Å². The van der Waals surface area contributed by atoms with E-state index in [1.807, 2.05) is 11.8 Å². The topological polar surface area (TPSA) is 64.8 Å². The number of rotatable bonds is 4. The third-order valence-electron chi connectivity index (χ3n) is 5.11. The summed E-state index contributed by atoms with van der Waals surface area (Å²) in [6.07, 6.45) is 5.62. The number of amides is 1. The Morgan fingerprint density at radius 2 is 2.39 bits per heavy atom. The summed E-state index contributed by atoms with van der Waals surface area (Å²) in [6, 6.07) is 1.70. The lowest BCUT2D eigenvalue weighted by Crippen LogP contribution is -2.50. The summed E-state index contributed by atoms with van der Waals surface area (Å²) < 4.78 is 17.2. The fourth-order valence-electron chi connectivity index (χ4n) is 3.64. The van der Waals surface area contributed by atoms with E-state index in [1.54, 1.807) is 6.07 Å². The summed E-state index contributed by atoms with van der Waals surface area (Å²) in [7, 11) is 0. The van der Waals surface area contributed by atoms with Crippen LogP contribution in [-0.4, -0.2) is 54.0 Å². The molecular formula is C17H24N2O4. The van der Waals surface area contributed by atoms with E-state index in [4.69, 9.17) is 14.0 Å². The van der Waals surface area contributed by atoms with E-state index in [-0.39, 0.29) is 17.6 Å². The SMILES string of the molecule is Cc1cc(C(=O)N2CCC[C@]3(C[C@H](OCC4CC4)CO3)C2)on1. The van der Waals surface area contributed by atoms with Crippen LogP contribution in [0, 0.1) is 12.8 Å². The van der Waals surface area contributed by atoms with Gasteiger partial charge in [0.05, 0.1) is 30.6 Å². The number of ether oxygens (including phenoxy) is 2. The van der Waals surface area contributed by atoms with Crippen molar-refractivity contribution in [3.8, 4) is 0 Å². The largest absolute Gasteiger partial charge is 0.375 e. The highest BCUT2D eigenvalue weighted by molar-refractivity contribution is 5.91. The molecule has 3 aliphatic rings. The second kappa shape index (κ2) is 5.91. The molecule has 126 valence electrons. The van der Waals surface area contributed by atoms with Crippen LogP contribution in [-0.2, 0) is 9.47 Å². The molecule has 0 bridgehead atoms. The number of likely N-dealkylation sites (tertiary alicyclic amines) is 1. The first kappa shape index (κ1) is 15.1. The van der Waals surface area contributed by atoms with Crippen LogP contribution in [0.3, 0.4) is 0 Å². The predicted octanol–water partition coefficient (Wildman–Crippen LogP) is 2.17. The van der Waals surface area contributed by atoms with Crippen LogP contribution in [0.15, 0.2) is 10.6 Å². The zero-order valence-corrected chi connectivity index (χ0v) is 13.6. The van der Waals surface area contributed by atoms with Crippen LogP contribution in [0.25, 0.3) is 0 Å². The Kier molecular flexibility index (Phi) is 3.89. The Bertz CT molecular complexity index is 583. The molecule has 1 spiro atoms. The predicted molar refractivity (Wildman–Crippen MR) is 82.1 cm³/mol. The van der Waals surface area contributed by atoms with Gasteiger partial charge in [-0.2, -0.15) is 0 Å². The van der Waals surface area contributed by atoms with E-state index in [0.29, 0.717) is 18.9 Å². The molecule has 2 atom stereocenters. The van der Waals surface area contributed by atoms with E-state index in [9.17, 15) is 4.79 Å². The molecule has 0 radical (unpaired) electrons. The van der Waals surface area contributed by atoms with Crippen LogP contribution < -0.4 is 0 Å². The maximum atomic E-state index is 12.6. The summed E-state index contributed by atoms with van der Waals surface area (Å²) in [4.78, 5) is 14.4. The minimum absolute atomic E-state index is 0.0874. The minimum atomic E-state index is -0.239. The Labute approximate surface area is 136 Å². The smallest absolute Gasteiger partial charge is 0.292 e. The average Bonchev–Trinajstić information content (AvgIpc) is 3.17. The number of piperidine rings is 1. The van der Waals surface area contributed by atoms with Crippen LogP contribution >= 0.6 is 0 Å². The van der Waals surface area contributed by atoms with Crippen molar-refractivity contribution >= 4 is 5.91 Å². The molecule has 1 amide bonds. The van der Waals surface area contributed by atoms with Gasteiger partial charge in [0.25, 0.3) is 5.91 Å². The van der Waals surface area contributed by atoms with E-state index >= 15 is 0 Å². The highest BCUT2D eigenvalue weighted by Crippen LogP contribution is 2.37. The number of hydrogen-bond donors (Lipinski definition) is 0. The summed E-state index contributed by atoms with van der Waals surface area (Å²) >= 11 is 0. The van der Waals surface area contributed by atoms with Crippen molar-refractivity contribution in [1.82, 2.24) is 10.1 Å². The van der Waals surface area contributed by atoms with E-state index in [0.717, 1.165) is 44.0 Å². The van der Waals surface area contributed by atoms with E-state index in [1.165, 1.54) is 12.8 Å². The molecule has 0 aromatic carbocycles. The van der Waals surface area contributed by atoms with Gasteiger partial charge in [0.1, 0.15) is 0 Å². The van der Waals surface area contributed by atoms with Crippen molar-refractivity contribution in [2.24, 2.45) is 5.92 Å². The number of carbonyl (C=O) groups is 1. The molecule has 4 rings (SSSR count). The van der Waals surface area contributed by atoms with Crippen molar-refractivity contribution in [1.29, 1.82) is 0 Å². The quantitative estimate of drug-likeness (QED) is 0.851. The first-order valence-electron chi connectivity index (χ1n) is 8.62. The minimum Gasteiger partial charge on any atom is -0.375 e. The van der Waals surface area contributed by atoms with Gasteiger partial charge in [0.15, 0.2) is 0 Å². The molecule has 3 fully saturated rings. The first-order valence-corrected chi connectivity index (χ1v) is 8.62. The van der Waals surface area contributed by atoms with Gasteiger partial charge in [-0.3, -0.25) is 4.79 Å². The molecule has 23 heavy (non-hydrogen) atoms. The van der Waals surface area contributed by atoms with Crippen LogP contribution in [0.1, 0.15) is 48.4 Å². The van der Waals surface area contributed by atoms with Crippen molar-refractivity contribution in [3.05, 3.63) is 17.5 Å². The van der Waals surface area contributed by atoms with Crippen molar-refractivity contribution in [2.45, 2.75) is 50.7 Å². The van der Waals surface area contributed by atoms with Crippen molar-refractivity contribution in [2.75, 3.05) is 26.3 Å². The second-order valence-corrected chi connectivity index (χ2v) is 7.26. The molecular weight excluding hydrogens is 296 g/mol. The molecule has 2 saturated heterocycles. The zero-order valence-electron chi connectivity index (χ0n) is 13.6. The second-order valence-electron chi connectivity index (χ2n) is 7.26.